The van der Waals surface area contributed by atoms with Crippen LogP contribution < -0.4 is 5.32 Å². The molecular weight excluding hydrogens is 295 g/mol. The zero-order chi connectivity index (χ0) is 16.0. The highest BCUT2D eigenvalue weighted by molar-refractivity contribution is 5.77. The second-order valence-electron chi connectivity index (χ2n) is 5.56. The number of hydrogen-bond donors (Lipinski definition) is 1. The Hall–Kier alpha value is -2.89. The highest BCUT2D eigenvalue weighted by Crippen LogP contribution is 2.21. The first kappa shape index (κ1) is 13.8. The molecule has 2 aromatic heterocycles. The van der Waals surface area contributed by atoms with Gasteiger partial charge in [0.25, 0.3) is 6.01 Å². The van der Waals surface area contributed by atoms with Crippen LogP contribution in [0.25, 0.3) is 22.1 Å². The highest BCUT2D eigenvalue weighted by Gasteiger charge is 2.10. The number of hydrogen-bond acceptors (Lipinski definition) is 4. The minimum absolute atomic E-state index is 0.330. The number of aromatic nitrogens is 3. The van der Waals surface area contributed by atoms with Gasteiger partial charge in [-0.1, -0.05) is 6.07 Å². The predicted octanol–water partition coefficient (Wildman–Crippen LogP) is 3.77. The zero-order valence-corrected chi connectivity index (χ0v) is 12.8. The number of anilines is 1. The third-order valence-electron chi connectivity index (χ3n) is 3.88. The molecule has 0 saturated heterocycles. The standard InChI is InChI=1S/C17H15FN4O/c1-10-3-5-14-12(7-10)20-16(22(14)2)9-19-17-21-13-8-11(18)4-6-15(13)23-17/h3-8H,9H2,1-2H3,(H,19,21). The molecule has 0 fully saturated rings. The fraction of sp³-hybridized carbons (Fsp3) is 0.176. The Balaban J connectivity index is 1.61. The van der Waals surface area contributed by atoms with Crippen molar-refractivity contribution in [3.8, 4) is 0 Å². The number of imidazole rings is 1. The van der Waals surface area contributed by atoms with Crippen molar-refractivity contribution in [3.63, 3.8) is 0 Å². The van der Waals surface area contributed by atoms with Crippen molar-refractivity contribution in [1.29, 1.82) is 0 Å². The number of aryl methyl sites for hydroxylation is 2. The molecule has 0 aliphatic heterocycles. The van der Waals surface area contributed by atoms with E-state index in [2.05, 4.69) is 33.5 Å². The van der Waals surface area contributed by atoms with Gasteiger partial charge in [0.15, 0.2) is 5.58 Å². The van der Waals surface area contributed by atoms with Crippen molar-refractivity contribution in [2.45, 2.75) is 13.5 Å². The fourth-order valence-electron chi connectivity index (χ4n) is 2.65. The molecule has 0 spiro atoms. The van der Waals surface area contributed by atoms with Crippen LogP contribution in [0.2, 0.25) is 0 Å². The van der Waals surface area contributed by atoms with Gasteiger partial charge in [0.05, 0.1) is 17.6 Å². The number of nitrogens with one attached hydrogen (secondary N) is 1. The lowest BCUT2D eigenvalue weighted by Crippen LogP contribution is -2.05. The Morgan fingerprint density at radius 3 is 2.87 bits per heavy atom. The van der Waals surface area contributed by atoms with Crippen LogP contribution in [0, 0.1) is 12.7 Å². The van der Waals surface area contributed by atoms with Gasteiger partial charge in [0, 0.05) is 13.1 Å². The molecule has 0 bridgehead atoms. The van der Waals surface area contributed by atoms with E-state index in [0.717, 1.165) is 16.9 Å². The zero-order valence-electron chi connectivity index (χ0n) is 12.8. The number of halogens is 1. The summed E-state index contributed by atoms with van der Waals surface area (Å²) in [4.78, 5) is 8.86. The maximum atomic E-state index is 13.2. The summed E-state index contributed by atoms with van der Waals surface area (Å²) in [5.74, 6) is 0.544. The molecule has 5 nitrogen and oxygen atoms in total. The Morgan fingerprint density at radius 2 is 2.00 bits per heavy atom. The molecule has 4 aromatic rings. The molecule has 116 valence electrons. The average molecular weight is 310 g/mol. The van der Waals surface area contributed by atoms with Gasteiger partial charge in [0.2, 0.25) is 0 Å². The van der Waals surface area contributed by atoms with Crippen molar-refractivity contribution in [2.24, 2.45) is 7.05 Å². The summed E-state index contributed by atoms with van der Waals surface area (Å²) in [5.41, 5.74) is 4.26. The number of nitrogens with zero attached hydrogens (tertiary/aromatic N) is 3. The molecule has 2 aromatic carbocycles. The monoisotopic (exact) mass is 310 g/mol. The van der Waals surface area contributed by atoms with E-state index < -0.39 is 0 Å². The molecule has 0 unspecified atom stereocenters. The summed E-state index contributed by atoms with van der Waals surface area (Å²) in [7, 11) is 1.98. The molecule has 0 radical (unpaired) electrons. The van der Waals surface area contributed by atoms with Gasteiger partial charge in [0.1, 0.15) is 17.2 Å². The molecule has 6 heteroatoms. The van der Waals surface area contributed by atoms with E-state index in [4.69, 9.17) is 4.42 Å². The van der Waals surface area contributed by atoms with E-state index in [9.17, 15) is 4.39 Å². The second kappa shape index (κ2) is 5.08. The first-order valence-electron chi connectivity index (χ1n) is 7.32. The molecule has 0 aliphatic carbocycles. The number of benzene rings is 2. The normalized spacial score (nSPS) is 11.4. The van der Waals surface area contributed by atoms with E-state index in [0.29, 0.717) is 23.7 Å². The maximum absolute atomic E-state index is 13.2. The number of rotatable bonds is 3. The third-order valence-corrected chi connectivity index (χ3v) is 3.88. The maximum Gasteiger partial charge on any atom is 0.296 e. The minimum atomic E-state index is -0.330. The number of fused-ring (bicyclic) bond motifs is 2. The molecule has 0 aliphatic rings. The van der Waals surface area contributed by atoms with Crippen molar-refractivity contribution in [1.82, 2.24) is 14.5 Å². The quantitative estimate of drug-likeness (QED) is 0.626. The fourth-order valence-corrected chi connectivity index (χ4v) is 2.65. The number of oxazole rings is 1. The van der Waals surface area contributed by atoms with Gasteiger partial charge in [-0.15, -0.1) is 0 Å². The molecular formula is C17H15FN4O. The van der Waals surface area contributed by atoms with Crippen LogP contribution in [0.5, 0.6) is 0 Å². The molecule has 4 rings (SSSR count). The van der Waals surface area contributed by atoms with Crippen LogP contribution in [0.1, 0.15) is 11.4 Å². The summed E-state index contributed by atoms with van der Waals surface area (Å²) in [6.07, 6.45) is 0. The summed E-state index contributed by atoms with van der Waals surface area (Å²) >= 11 is 0. The van der Waals surface area contributed by atoms with Crippen LogP contribution in [0.3, 0.4) is 0 Å². The lowest BCUT2D eigenvalue weighted by Gasteiger charge is -2.02. The summed E-state index contributed by atoms with van der Waals surface area (Å²) in [6, 6.07) is 10.8. The van der Waals surface area contributed by atoms with Crippen LogP contribution >= 0.6 is 0 Å². The van der Waals surface area contributed by atoms with Crippen molar-refractivity contribution in [3.05, 3.63) is 53.6 Å². The first-order valence-corrected chi connectivity index (χ1v) is 7.32. The van der Waals surface area contributed by atoms with E-state index in [1.807, 2.05) is 18.5 Å². The van der Waals surface area contributed by atoms with E-state index in [1.54, 1.807) is 6.07 Å². The van der Waals surface area contributed by atoms with Crippen LogP contribution in [-0.2, 0) is 13.6 Å². The molecule has 0 saturated carbocycles. The molecule has 23 heavy (non-hydrogen) atoms. The third kappa shape index (κ3) is 2.42. The molecule has 1 N–H and O–H groups in total. The van der Waals surface area contributed by atoms with E-state index >= 15 is 0 Å². The van der Waals surface area contributed by atoms with E-state index in [-0.39, 0.29) is 5.82 Å². The Morgan fingerprint density at radius 1 is 1.13 bits per heavy atom. The average Bonchev–Trinajstić information content (AvgIpc) is 3.05. The Kier molecular flexibility index (Phi) is 3.04. The van der Waals surface area contributed by atoms with Gasteiger partial charge >= 0.3 is 0 Å². The topological polar surface area (TPSA) is 55.9 Å². The van der Waals surface area contributed by atoms with Gasteiger partial charge in [-0.25, -0.2) is 9.37 Å². The van der Waals surface area contributed by atoms with Crippen LogP contribution in [0.15, 0.2) is 40.8 Å². The van der Waals surface area contributed by atoms with Crippen molar-refractivity contribution in [2.75, 3.05) is 5.32 Å². The van der Waals surface area contributed by atoms with Gasteiger partial charge in [-0.2, -0.15) is 4.98 Å². The van der Waals surface area contributed by atoms with Gasteiger partial charge in [-0.05, 0) is 36.8 Å². The largest absolute Gasteiger partial charge is 0.424 e. The van der Waals surface area contributed by atoms with E-state index in [1.165, 1.54) is 17.7 Å². The van der Waals surface area contributed by atoms with Crippen molar-refractivity contribution < 1.29 is 8.81 Å². The lowest BCUT2D eigenvalue weighted by atomic mass is 10.2. The second-order valence-corrected chi connectivity index (χ2v) is 5.56. The van der Waals surface area contributed by atoms with Gasteiger partial charge in [-0.3, -0.25) is 0 Å². The Bertz CT molecular complexity index is 1020. The minimum Gasteiger partial charge on any atom is -0.424 e. The Labute approximate surface area is 131 Å². The van der Waals surface area contributed by atoms with Crippen molar-refractivity contribution >= 4 is 28.1 Å². The SMILES string of the molecule is Cc1ccc2c(c1)nc(CNc1nc3cc(F)ccc3o1)n2C. The highest BCUT2D eigenvalue weighted by atomic mass is 19.1. The van der Waals surface area contributed by atoms with Gasteiger partial charge < -0.3 is 14.3 Å². The predicted molar refractivity (Wildman–Crippen MR) is 86.7 cm³/mol. The molecule has 0 atom stereocenters. The smallest absolute Gasteiger partial charge is 0.296 e. The summed E-state index contributed by atoms with van der Waals surface area (Å²) < 4.78 is 20.8. The van der Waals surface area contributed by atoms with Crippen LogP contribution in [0.4, 0.5) is 10.4 Å². The summed E-state index contributed by atoms with van der Waals surface area (Å²) in [5, 5.41) is 3.10. The van der Waals surface area contributed by atoms with Crippen LogP contribution in [-0.4, -0.2) is 14.5 Å². The molecule has 2 heterocycles. The first-order chi connectivity index (χ1) is 11.1. The summed E-state index contributed by atoms with van der Waals surface area (Å²) in [6.45, 7) is 2.52. The molecule has 0 amide bonds. The lowest BCUT2D eigenvalue weighted by molar-refractivity contribution is 0.608.